The van der Waals surface area contributed by atoms with E-state index in [1.165, 1.54) is 17.0 Å². The van der Waals surface area contributed by atoms with Crippen LogP contribution in [0.5, 0.6) is 0 Å². The Morgan fingerprint density at radius 1 is 1.10 bits per heavy atom. The molecule has 0 saturated carbocycles. The first-order valence-electron chi connectivity index (χ1n) is 14.8. The summed E-state index contributed by atoms with van der Waals surface area (Å²) in [5, 5.41) is 7.31. The number of pyridine rings is 1. The topological polar surface area (TPSA) is 74.7 Å². The van der Waals surface area contributed by atoms with Gasteiger partial charge in [-0.3, -0.25) is 14.7 Å². The minimum absolute atomic E-state index is 0.0117. The molecule has 2 aliphatic heterocycles. The van der Waals surface area contributed by atoms with Gasteiger partial charge in [0.05, 0.1) is 31.0 Å². The number of morpholine rings is 1. The smallest absolute Gasteiger partial charge is 0.226 e. The standard InChI is InChI=1S/C32H42N6O2S/c1-4-25-10-5-6-11-27(25)34-29(39)13-17-38-31(30(35-32(38)41)28-12-7-8-14-33-28)26-22-23(2)37(24(26)3)16-9-15-36-18-20-40-21-19-36/h5-8,10-12,14,22,30-31H,4,9,13,15-21H2,1-3H3,(H,34,39)(H,35,41)/t30-,31+/m1/s1. The number of thiocarbonyl (C=S) groups is 1. The summed E-state index contributed by atoms with van der Waals surface area (Å²) in [6.07, 6.45) is 4.12. The van der Waals surface area contributed by atoms with Crippen molar-refractivity contribution in [3.05, 3.63) is 82.9 Å². The number of carbonyl (C=O) groups is 1. The van der Waals surface area contributed by atoms with Crippen molar-refractivity contribution in [3.63, 3.8) is 0 Å². The number of hydrogen-bond donors (Lipinski definition) is 2. The van der Waals surface area contributed by atoms with Gasteiger partial charge in [0.2, 0.25) is 5.91 Å². The van der Waals surface area contributed by atoms with Gasteiger partial charge in [0.15, 0.2) is 5.11 Å². The molecule has 9 heteroatoms. The highest BCUT2D eigenvalue weighted by Gasteiger charge is 2.41. The Hall–Kier alpha value is -3.27. The van der Waals surface area contributed by atoms with Crippen LogP contribution in [0.2, 0.25) is 0 Å². The first-order valence-corrected chi connectivity index (χ1v) is 15.2. The largest absolute Gasteiger partial charge is 0.379 e. The van der Waals surface area contributed by atoms with Gasteiger partial charge in [-0.25, -0.2) is 0 Å². The predicted molar refractivity (Wildman–Crippen MR) is 167 cm³/mol. The van der Waals surface area contributed by atoms with E-state index in [1.54, 1.807) is 0 Å². The Morgan fingerprint density at radius 2 is 1.88 bits per heavy atom. The van der Waals surface area contributed by atoms with Gasteiger partial charge in [-0.2, -0.15) is 0 Å². The lowest BCUT2D eigenvalue weighted by molar-refractivity contribution is -0.116. The first kappa shape index (κ1) is 29.2. The van der Waals surface area contributed by atoms with Crippen molar-refractivity contribution in [3.8, 4) is 0 Å². The maximum absolute atomic E-state index is 13.1. The number of benzene rings is 1. The van der Waals surface area contributed by atoms with Gasteiger partial charge in [-0.1, -0.05) is 31.2 Å². The Balaban J connectivity index is 1.34. The number of anilines is 1. The van der Waals surface area contributed by atoms with Gasteiger partial charge in [-0.15, -0.1) is 0 Å². The van der Waals surface area contributed by atoms with Crippen molar-refractivity contribution in [1.82, 2.24) is 24.7 Å². The van der Waals surface area contributed by atoms with Crippen molar-refractivity contribution < 1.29 is 9.53 Å². The number of nitrogens with one attached hydrogen (secondary N) is 2. The molecule has 218 valence electrons. The molecule has 0 aliphatic carbocycles. The molecule has 2 aliphatic rings. The molecule has 2 fully saturated rings. The number of aromatic nitrogens is 2. The molecule has 2 N–H and O–H groups in total. The van der Waals surface area contributed by atoms with Gasteiger partial charge in [0.25, 0.3) is 0 Å². The quantitative estimate of drug-likeness (QED) is 0.319. The molecular formula is C32H42N6O2S. The molecule has 3 aromatic rings. The third kappa shape index (κ3) is 6.80. The second-order valence-electron chi connectivity index (χ2n) is 10.9. The van der Waals surface area contributed by atoms with E-state index in [0.29, 0.717) is 18.1 Å². The molecule has 1 aromatic carbocycles. The predicted octanol–water partition coefficient (Wildman–Crippen LogP) is 4.79. The fourth-order valence-electron chi connectivity index (χ4n) is 6.12. The Morgan fingerprint density at radius 3 is 2.63 bits per heavy atom. The van der Waals surface area contributed by atoms with Gasteiger partial charge < -0.3 is 24.8 Å². The van der Waals surface area contributed by atoms with E-state index in [1.807, 2.05) is 42.6 Å². The fraction of sp³-hybridized carbons (Fsp3) is 0.469. The van der Waals surface area contributed by atoms with Crippen LogP contribution in [0.4, 0.5) is 5.69 Å². The Labute approximate surface area is 249 Å². The van der Waals surface area contributed by atoms with E-state index in [0.717, 1.165) is 69.2 Å². The minimum atomic E-state index is -0.102. The fourth-order valence-corrected chi connectivity index (χ4v) is 6.45. The minimum Gasteiger partial charge on any atom is -0.379 e. The molecular weight excluding hydrogens is 532 g/mol. The molecule has 0 unspecified atom stereocenters. The number of para-hydroxylation sites is 1. The molecule has 0 radical (unpaired) electrons. The molecule has 5 rings (SSSR count). The average Bonchev–Trinajstić information content (AvgIpc) is 3.47. The van der Waals surface area contributed by atoms with E-state index in [2.05, 4.69) is 62.9 Å². The number of nitrogens with zero attached hydrogens (tertiary/aromatic N) is 4. The highest BCUT2D eigenvalue weighted by Crippen LogP contribution is 2.41. The second kappa shape index (κ2) is 13.6. The van der Waals surface area contributed by atoms with Crippen molar-refractivity contribution in [2.75, 3.05) is 44.7 Å². The lowest BCUT2D eigenvalue weighted by Gasteiger charge is -2.28. The van der Waals surface area contributed by atoms with Crippen molar-refractivity contribution in [2.24, 2.45) is 0 Å². The summed E-state index contributed by atoms with van der Waals surface area (Å²) >= 11 is 5.87. The second-order valence-corrected chi connectivity index (χ2v) is 11.3. The van der Waals surface area contributed by atoms with Gasteiger partial charge in [0, 0.05) is 62.4 Å². The highest BCUT2D eigenvalue weighted by atomic mass is 32.1. The molecule has 1 amide bonds. The number of hydrogen-bond acceptors (Lipinski definition) is 5. The number of amides is 1. The van der Waals surface area contributed by atoms with E-state index in [4.69, 9.17) is 17.0 Å². The van der Waals surface area contributed by atoms with Crippen LogP contribution < -0.4 is 10.6 Å². The molecule has 41 heavy (non-hydrogen) atoms. The molecule has 4 heterocycles. The maximum Gasteiger partial charge on any atom is 0.226 e. The third-order valence-corrected chi connectivity index (χ3v) is 8.69. The van der Waals surface area contributed by atoms with Gasteiger partial charge >= 0.3 is 0 Å². The van der Waals surface area contributed by atoms with Crippen LogP contribution in [-0.2, 0) is 22.5 Å². The molecule has 2 atom stereocenters. The van der Waals surface area contributed by atoms with Crippen molar-refractivity contribution >= 4 is 28.9 Å². The van der Waals surface area contributed by atoms with Gasteiger partial charge in [-0.05, 0) is 74.3 Å². The highest BCUT2D eigenvalue weighted by molar-refractivity contribution is 7.80. The third-order valence-electron chi connectivity index (χ3n) is 8.34. The number of carbonyl (C=O) groups excluding carboxylic acids is 1. The summed E-state index contributed by atoms with van der Waals surface area (Å²) in [5.74, 6) is -0.0117. The Bertz CT molecular complexity index is 1340. The summed E-state index contributed by atoms with van der Waals surface area (Å²) < 4.78 is 7.93. The molecule has 0 bridgehead atoms. The lowest BCUT2D eigenvalue weighted by atomic mass is 9.96. The SMILES string of the molecule is CCc1ccccc1NC(=O)CCN1C(=S)N[C@H](c2ccccn2)[C@@H]1c1cc(C)n(CCCN2CCOCC2)c1C. The Kier molecular flexibility index (Phi) is 9.69. The van der Waals surface area contributed by atoms with Crippen LogP contribution in [-0.4, -0.2) is 69.8 Å². The van der Waals surface area contributed by atoms with Crippen molar-refractivity contribution in [1.29, 1.82) is 0 Å². The zero-order chi connectivity index (χ0) is 28.8. The number of aryl methyl sites for hydroxylation is 2. The molecule has 2 saturated heterocycles. The average molecular weight is 575 g/mol. The summed E-state index contributed by atoms with van der Waals surface area (Å²) in [6, 6.07) is 16.1. The van der Waals surface area contributed by atoms with E-state index in [9.17, 15) is 4.79 Å². The molecule has 0 spiro atoms. The van der Waals surface area contributed by atoms with Crippen LogP contribution in [0.3, 0.4) is 0 Å². The zero-order valence-electron chi connectivity index (χ0n) is 24.4. The van der Waals surface area contributed by atoms with E-state index < -0.39 is 0 Å². The number of ether oxygens (including phenoxy) is 1. The lowest BCUT2D eigenvalue weighted by Crippen LogP contribution is -2.37. The van der Waals surface area contributed by atoms with Crippen LogP contribution in [0.25, 0.3) is 0 Å². The monoisotopic (exact) mass is 574 g/mol. The van der Waals surface area contributed by atoms with Crippen LogP contribution >= 0.6 is 12.2 Å². The summed E-state index contributed by atoms with van der Waals surface area (Å²) in [4.78, 5) is 22.4. The normalized spacial score (nSPS) is 19.4. The van der Waals surface area contributed by atoms with Crippen LogP contribution in [0, 0.1) is 13.8 Å². The summed E-state index contributed by atoms with van der Waals surface area (Å²) in [6.45, 7) is 12.7. The maximum atomic E-state index is 13.1. The van der Waals surface area contributed by atoms with E-state index in [-0.39, 0.29) is 18.0 Å². The van der Waals surface area contributed by atoms with Crippen LogP contribution in [0.15, 0.2) is 54.7 Å². The van der Waals surface area contributed by atoms with Crippen molar-refractivity contribution in [2.45, 2.75) is 58.7 Å². The summed E-state index contributed by atoms with van der Waals surface area (Å²) in [7, 11) is 0. The molecule has 8 nitrogen and oxygen atoms in total. The first-order chi connectivity index (χ1) is 20.0. The summed E-state index contributed by atoms with van der Waals surface area (Å²) in [5.41, 5.74) is 6.67. The van der Waals surface area contributed by atoms with Crippen LogP contribution in [0.1, 0.15) is 60.1 Å². The van der Waals surface area contributed by atoms with E-state index >= 15 is 0 Å². The molecule has 2 aromatic heterocycles. The number of rotatable bonds is 11. The zero-order valence-corrected chi connectivity index (χ0v) is 25.3. The van der Waals surface area contributed by atoms with Gasteiger partial charge in [0.1, 0.15) is 0 Å².